The van der Waals surface area contributed by atoms with E-state index in [0.29, 0.717) is 54.4 Å². The molecule has 14 N–H and O–H groups in total. The number of para-hydroxylation sites is 1. The Labute approximate surface area is 735 Å². The number of allylic oxidation sites excluding steroid dienone is 1. The summed E-state index contributed by atoms with van der Waals surface area (Å²) in [7, 11) is 6.00. The molecule has 688 valence electrons. The minimum atomic E-state index is -1.83. The van der Waals surface area contributed by atoms with E-state index in [-0.39, 0.29) is 101 Å². The summed E-state index contributed by atoms with van der Waals surface area (Å²) in [6, 6.07) is 2.01. The number of benzene rings is 3. The number of carboxylic acid groups (broad SMARTS) is 1. The van der Waals surface area contributed by atoms with Crippen LogP contribution in [0.1, 0.15) is 187 Å². The highest BCUT2D eigenvalue weighted by atomic mass is 16.4. The number of rotatable bonds is 47. The summed E-state index contributed by atoms with van der Waals surface area (Å²) in [6.45, 7) is 15.7. The first kappa shape index (κ1) is 101. The normalized spacial score (nSPS) is 17.3. The van der Waals surface area contributed by atoms with E-state index in [1.165, 1.54) is 62.5 Å². The monoisotopic (exact) mass is 1750 g/mol. The van der Waals surface area contributed by atoms with Crippen LogP contribution in [0.5, 0.6) is 5.75 Å². The summed E-state index contributed by atoms with van der Waals surface area (Å²) >= 11 is 0. The lowest BCUT2D eigenvalue weighted by Gasteiger charge is -2.36. The molecule has 0 bridgehead atoms. The summed E-state index contributed by atoms with van der Waals surface area (Å²) in [5.41, 5.74) is 4.22. The maximum absolute atomic E-state index is 15.5. The molecule has 0 radical (unpaired) electrons. The maximum Gasteiger partial charge on any atom is 0.305 e. The molecule has 0 spiro atoms. The van der Waals surface area contributed by atoms with Crippen LogP contribution in [-0.2, 0) is 98.2 Å². The first-order valence-electron chi connectivity index (χ1n) is 43.6. The standard InChI is InChI=1S/C90H129N17O19/c1-15-21-32-72(83(119)94-54(9)78(114)93-53(8)18-4)104(13)90(126)74(33-22-16-2)105(14)87(123)68(43-58-48-102(11)71-34-26-25-31-63(58)71)100-82(118)70(50-108)101-80(116)65(42-57(19-5)62-30-24-23-29-52(62)7)97-85(121)75-45-61(110)49-107(75)88(124)64(28-17-3)96-81(117)66(44-59-47-91-51-92-59)98-84(120)73-35-27-40-106(73)89(125)69(46-77(112)113)99-79(115)55(10)103(12)86(122)67(95-76(111)20-6)41-56-36-38-60(109)39-37-56/h19,23-26,29-31,34,36-39,47-48,51,53-55,61,64-70,72-75,108-110H,15-18,20-22,27-28,32-33,35,40-46,49-50H2,1-14H3,(H,91,92)(H,93,114)(H,94,119)(H,95,111)(H,96,117)(H,97,121)(H,98,120)(H,99,115)(H,100,118)(H,101,116)(H,112,113)/b57-19-/t53-,54?,55?,61-,64?,65+,66+,67?,68?,69+,70?,72?,73?,74+,75?/m1/s1. The summed E-state index contributed by atoms with van der Waals surface area (Å²) in [4.78, 5) is 229. The number of phenolic OH excluding ortho intramolecular Hbond substituents is 1. The van der Waals surface area contributed by atoms with Crippen molar-refractivity contribution >= 4 is 105 Å². The van der Waals surface area contributed by atoms with Crippen molar-refractivity contribution in [1.82, 2.24) is 86.9 Å². The molecule has 2 aliphatic heterocycles. The van der Waals surface area contributed by atoms with Gasteiger partial charge in [-0.25, -0.2) is 4.98 Å². The second kappa shape index (κ2) is 48.4. The molecule has 7 rings (SSSR count). The summed E-state index contributed by atoms with van der Waals surface area (Å²) < 4.78 is 1.84. The lowest BCUT2D eigenvalue weighted by molar-refractivity contribution is -0.149. The van der Waals surface area contributed by atoms with E-state index in [0.717, 1.165) is 31.2 Å². The van der Waals surface area contributed by atoms with Gasteiger partial charge in [0.15, 0.2) is 0 Å². The zero-order chi connectivity index (χ0) is 92.9. The quantitative estimate of drug-likeness (QED) is 0.0266. The van der Waals surface area contributed by atoms with Crippen molar-refractivity contribution in [2.24, 2.45) is 7.05 Å². The number of carboxylic acids is 1. The number of unbranched alkanes of at least 4 members (excludes halogenated alkanes) is 2. The maximum atomic E-state index is 15.5. The minimum absolute atomic E-state index is 0.00870. The number of aliphatic hydroxyl groups excluding tert-OH is 2. The molecule has 0 aliphatic carbocycles. The number of likely N-dealkylation sites (tertiary alicyclic amines) is 2. The number of nitrogens with one attached hydrogen (secondary N) is 10. The Kier molecular flexibility index (Phi) is 38.8. The van der Waals surface area contributed by atoms with E-state index in [4.69, 9.17) is 0 Å². The van der Waals surface area contributed by atoms with E-state index in [1.807, 2.05) is 82.6 Å². The second-order valence-electron chi connectivity index (χ2n) is 32.8. The number of phenols is 1. The van der Waals surface area contributed by atoms with Crippen LogP contribution in [0.2, 0.25) is 0 Å². The SMILES string of the molecule is C/C=C(/C[C@H](NC(=O)C1C[C@@H](O)CN1C(=O)C(CCC)NC(=O)[C@H](Cc1c[nH]cn1)NC(=O)C1CCCN1C(=O)[C@H](CC(=O)O)NC(=O)C(C)N(C)C(=O)C(Cc1ccc(O)cc1)NC(=O)CC)C(=O)NC(CO)C(=O)NC(Cc1cn(C)c2ccccc12)C(=O)N(C)[C@@H](CCCC)C(=O)N(C)C(CCCC)C(=O)NC(C)C(=O)N[C@H](C)CC)c1ccccc1C. The van der Waals surface area contributed by atoms with Gasteiger partial charge >= 0.3 is 5.97 Å². The number of nitrogens with zero attached hydrogens (tertiary/aromatic N) is 7. The Morgan fingerprint density at radius 2 is 1.17 bits per heavy atom. The van der Waals surface area contributed by atoms with Gasteiger partial charge in [0.2, 0.25) is 82.7 Å². The number of hydrogen-bond donors (Lipinski definition) is 14. The van der Waals surface area contributed by atoms with Crippen LogP contribution >= 0.6 is 0 Å². The molecule has 3 aromatic carbocycles. The summed E-state index contributed by atoms with van der Waals surface area (Å²) in [5, 5.41) is 67.7. The topological polar surface area (TPSA) is 495 Å². The molecule has 36 nitrogen and oxygen atoms in total. The first-order chi connectivity index (χ1) is 59.9. The van der Waals surface area contributed by atoms with E-state index in [2.05, 4.69) is 57.8 Å². The number of aromatic nitrogens is 3. The molecule has 126 heavy (non-hydrogen) atoms. The highest BCUT2D eigenvalue weighted by Crippen LogP contribution is 2.29. The van der Waals surface area contributed by atoms with E-state index in [9.17, 15) is 63.6 Å². The van der Waals surface area contributed by atoms with Crippen molar-refractivity contribution in [1.29, 1.82) is 0 Å². The van der Waals surface area contributed by atoms with Crippen LogP contribution in [0.15, 0.2) is 97.6 Å². The highest BCUT2D eigenvalue weighted by Gasteiger charge is 2.46. The number of carbonyl (C=O) groups is 15. The number of amides is 14. The molecule has 2 aromatic heterocycles. The van der Waals surface area contributed by atoms with Crippen LogP contribution < -0.4 is 47.9 Å². The van der Waals surface area contributed by atoms with Crippen molar-refractivity contribution < 1.29 is 92.3 Å². The van der Waals surface area contributed by atoms with Crippen LogP contribution in [0.3, 0.4) is 0 Å². The highest BCUT2D eigenvalue weighted by molar-refractivity contribution is 6.02. The second-order valence-corrected chi connectivity index (χ2v) is 32.8. The van der Waals surface area contributed by atoms with Gasteiger partial charge in [-0.15, -0.1) is 0 Å². The van der Waals surface area contributed by atoms with Gasteiger partial charge in [-0.3, -0.25) is 71.9 Å². The van der Waals surface area contributed by atoms with Crippen molar-refractivity contribution in [3.05, 3.63) is 126 Å². The number of aromatic amines is 1. The summed E-state index contributed by atoms with van der Waals surface area (Å²) in [5.74, 6) is -12.6. The predicted octanol–water partition coefficient (Wildman–Crippen LogP) is 2.76. The van der Waals surface area contributed by atoms with E-state index < -0.39 is 193 Å². The predicted molar refractivity (Wildman–Crippen MR) is 469 cm³/mol. The lowest BCUT2D eigenvalue weighted by atomic mass is 9.94. The number of imidazole rings is 1. The molecule has 36 heteroatoms. The molecule has 14 amide bonds. The fourth-order valence-electron chi connectivity index (χ4n) is 15.7. The van der Waals surface area contributed by atoms with Crippen molar-refractivity contribution in [3.8, 4) is 5.75 Å². The number of H-pyrrole nitrogens is 1. The van der Waals surface area contributed by atoms with Gasteiger partial charge in [0.1, 0.15) is 84.3 Å². The van der Waals surface area contributed by atoms with Crippen LogP contribution in [0.25, 0.3) is 16.5 Å². The molecule has 9 unspecified atom stereocenters. The number of aromatic hydroxyl groups is 1. The van der Waals surface area contributed by atoms with Gasteiger partial charge in [-0.1, -0.05) is 127 Å². The minimum Gasteiger partial charge on any atom is -0.508 e. The molecule has 2 saturated heterocycles. The van der Waals surface area contributed by atoms with Gasteiger partial charge in [0.05, 0.1) is 31.2 Å². The fourth-order valence-corrected chi connectivity index (χ4v) is 15.7. The molecule has 2 aliphatic rings. The third-order valence-electron chi connectivity index (χ3n) is 23.5. The van der Waals surface area contributed by atoms with Crippen LogP contribution in [-0.4, -0.2) is 280 Å². The number of β-amino-alcohol motifs (C(OH)–C–C–N with tert-alkyl or cyclic N) is 1. The number of likely N-dealkylation sites (N-methyl/N-ethyl adjacent to an activating group) is 3. The Bertz CT molecular complexity index is 4650. The van der Waals surface area contributed by atoms with Crippen molar-refractivity contribution in [3.63, 3.8) is 0 Å². The van der Waals surface area contributed by atoms with Crippen LogP contribution in [0.4, 0.5) is 0 Å². The number of fused-ring (bicyclic) bond motifs is 1. The fraction of sp³-hybridized carbons (Fsp3) is 0.556. The van der Waals surface area contributed by atoms with Gasteiger partial charge in [-0.2, -0.15) is 0 Å². The van der Waals surface area contributed by atoms with Gasteiger partial charge in [-0.05, 0) is 119 Å². The molecule has 4 heterocycles. The van der Waals surface area contributed by atoms with Crippen molar-refractivity contribution in [2.45, 2.75) is 276 Å². The zero-order valence-corrected chi connectivity index (χ0v) is 74.8. The van der Waals surface area contributed by atoms with Gasteiger partial charge < -0.3 is 102 Å². The van der Waals surface area contributed by atoms with Crippen LogP contribution in [0, 0.1) is 6.92 Å². The third-order valence-corrected chi connectivity index (χ3v) is 23.5. The smallest absolute Gasteiger partial charge is 0.305 e. The third kappa shape index (κ3) is 27.5. The number of aryl methyl sites for hydroxylation is 2. The van der Waals surface area contributed by atoms with Crippen molar-refractivity contribution in [2.75, 3.05) is 40.8 Å². The molecule has 15 atom stereocenters. The average molecular weight is 1750 g/mol. The molecular weight excluding hydrogens is 1620 g/mol. The molecule has 5 aromatic rings. The number of hydrogen-bond acceptors (Lipinski definition) is 19. The number of aliphatic carboxylic acids is 1. The van der Waals surface area contributed by atoms with E-state index >= 15 is 28.8 Å². The molecular formula is C90H129N17O19. The Hall–Kier alpha value is -12.1. The average Bonchev–Trinajstić information content (AvgIpc) is 1.60. The molecule has 0 saturated carbocycles. The number of aliphatic hydroxyl groups is 2. The largest absolute Gasteiger partial charge is 0.508 e. The Balaban J connectivity index is 1.12. The van der Waals surface area contributed by atoms with E-state index in [1.54, 1.807) is 64.2 Å². The summed E-state index contributed by atoms with van der Waals surface area (Å²) in [6.07, 6.45) is 6.58. The lowest BCUT2D eigenvalue weighted by Crippen LogP contribution is -2.61. The number of carbonyl (C=O) groups excluding carboxylic acids is 14. The molecule has 2 fully saturated rings. The Morgan fingerprint density at radius 3 is 1.80 bits per heavy atom. The van der Waals surface area contributed by atoms with Gasteiger partial charge in [0, 0.05) is 109 Å². The Morgan fingerprint density at radius 1 is 0.587 bits per heavy atom. The van der Waals surface area contributed by atoms with Gasteiger partial charge in [0.25, 0.3) is 0 Å². The zero-order valence-electron chi connectivity index (χ0n) is 74.8. The first-order valence-corrected chi connectivity index (χ1v) is 43.6.